The Kier molecular flexibility index (Phi) is 5.01. The van der Waals surface area contributed by atoms with Crippen LogP contribution in [0, 0.1) is 0 Å². The van der Waals surface area contributed by atoms with Gasteiger partial charge < -0.3 is 15.4 Å². The largest absolute Gasteiger partial charge is 0.497 e. The Morgan fingerprint density at radius 2 is 2.10 bits per heavy atom. The van der Waals surface area contributed by atoms with Crippen LogP contribution >= 0.6 is 0 Å². The summed E-state index contributed by atoms with van der Waals surface area (Å²) in [4.78, 5) is 14.1. The van der Waals surface area contributed by atoms with Crippen molar-refractivity contribution in [3.8, 4) is 5.75 Å². The van der Waals surface area contributed by atoms with Crippen molar-refractivity contribution in [1.29, 1.82) is 0 Å². The highest BCUT2D eigenvalue weighted by atomic mass is 16.5. The lowest BCUT2D eigenvalue weighted by atomic mass is 9.97. The van der Waals surface area contributed by atoms with E-state index in [0.29, 0.717) is 24.9 Å². The number of methoxy groups -OCH3 is 1. The van der Waals surface area contributed by atoms with E-state index >= 15 is 0 Å². The van der Waals surface area contributed by atoms with Crippen molar-refractivity contribution in [2.45, 2.75) is 38.1 Å². The number of carbonyl (C=O) groups is 1. The molecule has 20 heavy (non-hydrogen) atoms. The van der Waals surface area contributed by atoms with Crippen molar-refractivity contribution in [3.63, 3.8) is 0 Å². The van der Waals surface area contributed by atoms with E-state index in [1.807, 2.05) is 17.0 Å². The van der Waals surface area contributed by atoms with Crippen LogP contribution in [0.3, 0.4) is 0 Å². The molecule has 4 nitrogen and oxygen atoms in total. The predicted octanol–water partition coefficient (Wildman–Crippen LogP) is 2.14. The number of likely N-dealkylation sites (tertiary alicyclic amines) is 1. The maximum absolute atomic E-state index is 12.1. The number of benzene rings is 1. The minimum atomic E-state index is 0.235. The quantitative estimate of drug-likeness (QED) is 0.896. The van der Waals surface area contributed by atoms with Crippen LogP contribution in [0.15, 0.2) is 24.3 Å². The third-order valence-electron chi connectivity index (χ3n) is 4.08. The normalized spacial score (nSPS) is 22.1. The van der Waals surface area contributed by atoms with Crippen LogP contribution in [-0.4, -0.2) is 37.0 Å². The average Bonchev–Trinajstić information content (AvgIpc) is 2.87. The Balaban J connectivity index is 2.00. The first-order valence-electron chi connectivity index (χ1n) is 7.29. The molecule has 2 N–H and O–H groups in total. The van der Waals surface area contributed by atoms with Gasteiger partial charge in [0.05, 0.1) is 7.11 Å². The summed E-state index contributed by atoms with van der Waals surface area (Å²) in [7, 11) is 1.67. The van der Waals surface area contributed by atoms with Gasteiger partial charge in [-0.05, 0) is 44.0 Å². The molecule has 2 unspecified atom stereocenters. The molecule has 4 heteroatoms. The van der Waals surface area contributed by atoms with Crippen LogP contribution in [-0.2, 0) is 4.79 Å². The highest BCUT2D eigenvalue weighted by Crippen LogP contribution is 2.32. The van der Waals surface area contributed by atoms with Crippen LogP contribution in [0.5, 0.6) is 5.75 Å². The summed E-state index contributed by atoms with van der Waals surface area (Å²) < 4.78 is 5.18. The van der Waals surface area contributed by atoms with E-state index in [0.717, 1.165) is 25.1 Å². The average molecular weight is 276 g/mol. The number of amides is 1. The molecule has 1 heterocycles. The van der Waals surface area contributed by atoms with Crippen molar-refractivity contribution in [2.75, 3.05) is 20.2 Å². The van der Waals surface area contributed by atoms with Gasteiger partial charge in [0.15, 0.2) is 0 Å². The molecule has 0 bridgehead atoms. The summed E-state index contributed by atoms with van der Waals surface area (Å²) in [5.41, 5.74) is 6.76. The first kappa shape index (κ1) is 14.9. The van der Waals surface area contributed by atoms with E-state index < -0.39 is 0 Å². The van der Waals surface area contributed by atoms with E-state index in [9.17, 15) is 4.79 Å². The third kappa shape index (κ3) is 3.31. The second kappa shape index (κ2) is 6.75. The Labute approximate surface area is 120 Å². The first-order valence-corrected chi connectivity index (χ1v) is 7.29. The summed E-state index contributed by atoms with van der Waals surface area (Å²) in [5.74, 6) is 1.53. The summed E-state index contributed by atoms with van der Waals surface area (Å²) in [6.07, 6.45) is 2.37. The van der Waals surface area contributed by atoms with Gasteiger partial charge in [-0.25, -0.2) is 0 Å². The second-order valence-electron chi connectivity index (χ2n) is 5.49. The number of hydrogen-bond acceptors (Lipinski definition) is 3. The van der Waals surface area contributed by atoms with Crippen LogP contribution in [0.4, 0.5) is 0 Å². The standard InChI is InChI=1S/C16H24N2O2/c1-12-10-14(11-18(12)16(19)4-3-9-17)13-5-7-15(20-2)8-6-13/h5-8,12,14H,3-4,9-11,17H2,1-2H3. The zero-order valence-electron chi connectivity index (χ0n) is 12.3. The van der Waals surface area contributed by atoms with Gasteiger partial charge in [0.2, 0.25) is 5.91 Å². The maximum atomic E-state index is 12.1. The Bertz CT molecular complexity index is 444. The van der Waals surface area contributed by atoms with Gasteiger partial charge in [-0.2, -0.15) is 0 Å². The van der Waals surface area contributed by atoms with E-state index in [2.05, 4.69) is 19.1 Å². The van der Waals surface area contributed by atoms with E-state index in [1.165, 1.54) is 5.56 Å². The van der Waals surface area contributed by atoms with Crippen molar-refractivity contribution >= 4 is 5.91 Å². The minimum absolute atomic E-state index is 0.235. The number of rotatable bonds is 5. The molecule has 0 saturated carbocycles. The Morgan fingerprint density at radius 3 is 2.70 bits per heavy atom. The van der Waals surface area contributed by atoms with Gasteiger partial charge in [0, 0.05) is 24.9 Å². The first-order chi connectivity index (χ1) is 9.65. The summed E-state index contributed by atoms with van der Waals surface area (Å²) >= 11 is 0. The smallest absolute Gasteiger partial charge is 0.222 e. The van der Waals surface area contributed by atoms with Gasteiger partial charge >= 0.3 is 0 Å². The van der Waals surface area contributed by atoms with Crippen molar-refractivity contribution in [2.24, 2.45) is 5.73 Å². The van der Waals surface area contributed by atoms with Crippen molar-refractivity contribution in [3.05, 3.63) is 29.8 Å². The van der Waals surface area contributed by atoms with E-state index in [1.54, 1.807) is 7.11 Å². The second-order valence-corrected chi connectivity index (χ2v) is 5.49. The summed E-state index contributed by atoms with van der Waals surface area (Å²) in [6, 6.07) is 8.48. The lowest BCUT2D eigenvalue weighted by Crippen LogP contribution is -2.34. The lowest BCUT2D eigenvalue weighted by Gasteiger charge is -2.21. The highest BCUT2D eigenvalue weighted by Gasteiger charge is 2.32. The predicted molar refractivity (Wildman–Crippen MR) is 79.8 cm³/mol. The number of nitrogens with two attached hydrogens (primary N) is 1. The molecule has 110 valence electrons. The molecule has 1 aromatic rings. The molecular formula is C16H24N2O2. The van der Waals surface area contributed by atoms with Gasteiger partial charge in [0.25, 0.3) is 0 Å². The number of hydrogen-bond donors (Lipinski definition) is 1. The fourth-order valence-corrected chi connectivity index (χ4v) is 2.89. The van der Waals surface area contributed by atoms with Gasteiger partial charge in [-0.3, -0.25) is 4.79 Å². The molecule has 0 radical (unpaired) electrons. The van der Waals surface area contributed by atoms with E-state index in [4.69, 9.17) is 10.5 Å². The van der Waals surface area contributed by atoms with Crippen LogP contribution < -0.4 is 10.5 Å². The molecule has 1 amide bonds. The van der Waals surface area contributed by atoms with Gasteiger partial charge in [-0.1, -0.05) is 12.1 Å². The monoisotopic (exact) mass is 276 g/mol. The van der Waals surface area contributed by atoms with Crippen molar-refractivity contribution in [1.82, 2.24) is 4.90 Å². The molecule has 1 fully saturated rings. The molecular weight excluding hydrogens is 252 g/mol. The Morgan fingerprint density at radius 1 is 1.40 bits per heavy atom. The molecule has 0 aliphatic carbocycles. The zero-order chi connectivity index (χ0) is 14.5. The molecule has 1 aliphatic heterocycles. The zero-order valence-corrected chi connectivity index (χ0v) is 12.3. The summed E-state index contributed by atoms with van der Waals surface area (Å²) in [5, 5.41) is 0. The SMILES string of the molecule is COc1ccc(C2CC(C)N(C(=O)CCCN)C2)cc1. The van der Waals surface area contributed by atoms with Crippen LogP contribution in [0.2, 0.25) is 0 Å². The van der Waals surface area contributed by atoms with Gasteiger partial charge in [0.1, 0.15) is 5.75 Å². The number of nitrogens with zero attached hydrogens (tertiary/aromatic N) is 1. The summed E-state index contributed by atoms with van der Waals surface area (Å²) in [6.45, 7) is 3.52. The molecule has 1 saturated heterocycles. The van der Waals surface area contributed by atoms with Crippen molar-refractivity contribution < 1.29 is 9.53 Å². The molecule has 2 atom stereocenters. The highest BCUT2D eigenvalue weighted by molar-refractivity contribution is 5.77. The third-order valence-corrected chi connectivity index (χ3v) is 4.08. The fourth-order valence-electron chi connectivity index (χ4n) is 2.89. The molecule has 1 aromatic carbocycles. The molecule has 1 aliphatic rings. The van der Waals surface area contributed by atoms with Crippen LogP contribution in [0.1, 0.15) is 37.7 Å². The topological polar surface area (TPSA) is 55.6 Å². The maximum Gasteiger partial charge on any atom is 0.222 e. The molecule has 2 rings (SSSR count). The molecule has 0 aromatic heterocycles. The molecule has 0 spiro atoms. The Hall–Kier alpha value is -1.55. The van der Waals surface area contributed by atoms with E-state index in [-0.39, 0.29) is 5.91 Å². The number of ether oxygens (including phenoxy) is 1. The fraction of sp³-hybridized carbons (Fsp3) is 0.562. The lowest BCUT2D eigenvalue weighted by molar-refractivity contribution is -0.131. The van der Waals surface area contributed by atoms with Crippen LogP contribution in [0.25, 0.3) is 0 Å². The minimum Gasteiger partial charge on any atom is -0.497 e. The number of carbonyl (C=O) groups excluding carboxylic acids is 1. The van der Waals surface area contributed by atoms with Gasteiger partial charge in [-0.15, -0.1) is 0 Å².